The molecular weight excluding hydrogens is 250 g/mol. The van der Waals surface area contributed by atoms with Crippen LogP contribution in [-0.4, -0.2) is 43.9 Å². The Morgan fingerprint density at radius 2 is 2.15 bits per heavy atom. The Labute approximate surface area is 121 Å². The Bertz CT molecular complexity index is 384. The molecule has 1 N–H and O–H groups in total. The van der Waals surface area contributed by atoms with Gasteiger partial charge >= 0.3 is 0 Å². The maximum Gasteiger partial charge on any atom is 0.128 e. The summed E-state index contributed by atoms with van der Waals surface area (Å²) in [7, 11) is 0. The van der Waals surface area contributed by atoms with E-state index in [-0.39, 0.29) is 0 Å². The lowest BCUT2D eigenvalue weighted by Crippen LogP contribution is -2.43. The minimum absolute atomic E-state index is 0.678. The zero-order valence-electron chi connectivity index (χ0n) is 12.1. The molecule has 2 fully saturated rings. The van der Waals surface area contributed by atoms with Crippen LogP contribution in [0.15, 0.2) is 24.4 Å². The molecule has 0 saturated carbocycles. The third-order valence-corrected chi connectivity index (χ3v) is 4.48. The minimum Gasteiger partial charge on any atom is -0.381 e. The smallest absolute Gasteiger partial charge is 0.128 e. The van der Waals surface area contributed by atoms with Crippen molar-refractivity contribution in [1.82, 2.24) is 10.3 Å². The highest BCUT2D eigenvalue weighted by molar-refractivity contribution is 5.38. The fourth-order valence-electron chi connectivity index (χ4n) is 3.16. The van der Waals surface area contributed by atoms with E-state index in [2.05, 4.69) is 27.3 Å². The maximum absolute atomic E-state index is 5.42. The second-order valence-electron chi connectivity index (χ2n) is 5.92. The van der Waals surface area contributed by atoms with Gasteiger partial charge in [0.05, 0.1) is 0 Å². The molecule has 0 aliphatic carbocycles. The number of piperidine rings is 1. The normalized spacial score (nSPS) is 24.2. The van der Waals surface area contributed by atoms with E-state index < -0.39 is 0 Å². The highest BCUT2D eigenvalue weighted by Gasteiger charge is 2.20. The molecule has 2 aliphatic heterocycles. The standard InChI is InChI=1S/C16H25N3O/c1-2-8-18-16(3-1)19-10-5-15(6-11-19)17-9-4-14-7-12-20-13-14/h1-3,8,14-15,17H,4-7,9-13H2. The van der Waals surface area contributed by atoms with Crippen LogP contribution in [0.1, 0.15) is 25.7 Å². The quantitative estimate of drug-likeness (QED) is 0.892. The maximum atomic E-state index is 5.42. The Hall–Kier alpha value is -1.13. The molecule has 1 aromatic rings. The zero-order chi connectivity index (χ0) is 13.6. The van der Waals surface area contributed by atoms with Crippen LogP contribution in [0.3, 0.4) is 0 Å². The number of hydrogen-bond acceptors (Lipinski definition) is 4. The highest BCUT2D eigenvalue weighted by Crippen LogP contribution is 2.18. The van der Waals surface area contributed by atoms with Gasteiger partial charge in [-0.3, -0.25) is 0 Å². The minimum atomic E-state index is 0.678. The number of hydrogen-bond donors (Lipinski definition) is 1. The number of pyridine rings is 1. The third kappa shape index (κ3) is 3.70. The van der Waals surface area contributed by atoms with Crippen LogP contribution in [-0.2, 0) is 4.74 Å². The van der Waals surface area contributed by atoms with E-state index in [1.807, 2.05) is 12.3 Å². The number of rotatable bonds is 5. The molecule has 4 nitrogen and oxygen atoms in total. The van der Waals surface area contributed by atoms with Gasteiger partial charge in [0, 0.05) is 38.5 Å². The van der Waals surface area contributed by atoms with Crippen LogP contribution in [0.25, 0.3) is 0 Å². The topological polar surface area (TPSA) is 37.4 Å². The molecule has 4 heteroatoms. The summed E-state index contributed by atoms with van der Waals surface area (Å²) in [4.78, 5) is 6.83. The molecule has 0 amide bonds. The van der Waals surface area contributed by atoms with Gasteiger partial charge in [-0.05, 0) is 50.3 Å². The van der Waals surface area contributed by atoms with Gasteiger partial charge in [0.15, 0.2) is 0 Å². The molecule has 1 aromatic heterocycles. The van der Waals surface area contributed by atoms with Crippen molar-refractivity contribution in [3.05, 3.63) is 24.4 Å². The molecule has 1 atom stereocenters. The van der Waals surface area contributed by atoms with Crippen LogP contribution >= 0.6 is 0 Å². The Morgan fingerprint density at radius 1 is 1.25 bits per heavy atom. The molecule has 3 rings (SSSR count). The number of nitrogens with zero attached hydrogens (tertiary/aromatic N) is 2. The monoisotopic (exact) mass is 275 g/mol. The summed E-state index contributed by atoms with van der Waals surface area (Å²) < 4.78 is 5.42. The highest BCUT2D eigenvalue weighted by atomic mass is 16.5. The zero-order valence-corrected chi connectivity index (χ0v) is 12.1. The fraction of sp³-hybridized carbons (Fsp3) is 0.688. The van der Waals surface area contributed by atoms with Crippen molar-refractivity contribution < 1.29 is 4.74 Å². The molecule has 20 heavy (non-hydrogen) atoms. The number of nitrogens with one attached hydrogen (secondary N) is 1. The first-order chi connectivity index (χ1) is 9.92. The van der Waals surface area contributed by atoms with Crippen LogP contribution in [0.4, 0.5) is 5.82 Å². The van der Waals surface area contributed by atoms with Crippen LogP contribution in [0.5, 0.6) is 0 Å². The lowest BCUT2D eigenvalue weighted by molar-refractivity contribution is 0.183. The summed E-state index contributed by atoms with van der Waals surface area (Å²) in [5, 5.41) is 3.72. The molecule has 0 spiro atoms. The van der Waals surface area contributed by atoms with E-state index >= 15 is 0 Å². The fourth-order valence-corrected chi connectivity index (χ4v) is 3.16. The van der Waals surface area contributed by atoms with Gasteiger partial charge in [0.2, 0.25) is 0 Å². The average molecular weight is 275 g/mol. The van der Waals surface area contributed by atoms with Gasteiger partial charge in [-0.2, -0.15) is 0 Å². The first-order valence-corrected chi connectivity index (χ1v) is 7.89. The first-order valence-electron chi connectivity index (χ1n) is 7.89. The molecule has 3 heterocycles. The van der Waals surface area contributed by atoms with Gasteiger partial charge in [0.1, 0.15) is 5.82 Å². The number of anilines is 1. The van der Waals surface area contributed by atoms with E-state index in [1.54, 1.807) is 0 Å². The van der Waals surface area contributed by atoms with E-state index in [9.17, 15) is 0 Å². The third-order valence-electron chi connectivity index (χ3n) is 4.48. The van der Waals surface area contributed by atoms with Gasteiger partial charge in [0.25, 0.3) is 0 Å². The van der Waals surface area contributed by atoms with Crippen molar-refractivity contribution in [2.45, 2.75) is 31.7 Å². The van der Waals surface area contributed by atoms with Crippen molar-refractivity contribution in [2.75, 3.05) is 37.7 Å². The van der Waals surface area contributed by atoms with E-state index in [1.165, 1.54) is 25.7 Å². The Morgan fingerprint density at radius 3 is 2.85 bits per heavy atom. The van der Waals surface area contributed by atoms with Gasteiger partial charge in [-0.1, -0.05) is 6.07 Å². The van der Waals surface area contributed by atoms with Gasteiger partial charge < -0.3 is 15.0 Å². The van der Waals surface area contributed by atoms with E-state index in [0.717, 1.165) is 44.6 Å². The summed E-state index contributed by atoms with van der Waals surface area (Å²) in [5.41, 5.74) is 0. The second kappa shape index (κ2) is 7.04. The van der Waals surface area contributed by atoms with Crippen LogP contribution in [0, 0.1) is 5.92 Å². The van der Waals surface area contributed by atoms with Crippen molar-refractivity contribution in [1.29, 1.82) is 0 Å². The van der Waals surface area contributed by atoms with E-state index in [0.29, 0.717) is 6.04 Å². The SMILES string of the molecule is c1ccc(N2CCC(NCCC3CCOC3)CC2)nc1. The molecule has 2 aliphatic rings. The molecule has 0 radical (unpaired) electrons. The molecular formula is C16H25N3O. The Balaban J connectivity index is 1.36. The van der Waals surface area contributed by atoms with Crippen molar-refractivity contribution in [2.24, 2.45) is 5.92 Å². The molecule has 0 bridgehead atoms. The molecule has 1 unspecified atom stereocenters. The molecule has 110 valence electrons. The number of ether oxygens (including phenoxy) is 1. The number of aromatic nitrogens is 1. The lowest BCUT2D eigenvalue weighted by Gasteiger charge is -2.33. The largest absolute Gasteiger partial charge is 0.381 e. The van der Waals surface area contributed by atoms with Crippen molar-refractivity contribution in [3.8, 4) is 0 Å². The summed E-state index contributed by atoms with van der Waals surface area (Å²) in [6, 6.07) is 6.83. The predicted molar refractivity (Wildman–Crippen MR) is 81.0 cm³/mol. The molecule has 0 aromatic carbocycles. The predicted octanol–water partition coefficient (Wildman–Crippen LogP) is 2.07. The van der Waals surface area contributed by atoms with Gasteiger partial charge in [-0.15, -0.1) is 0 Å². The molecule has 2 saturated heterocycles. The van der Waals surface area contributed by atoms with E-state index in [4.69, 9.17) is 4.74 Å². The van der Waals surface area contributed by atoms with Gasteiger partial charge in [-0.25, -0.2) is 4.98 Å². The van der Waals surface area contributed by atoms with Crippen molar-refractivity contribution >= 4 is 5.82 Å². The lowest BCUT2D eigenvalue weighted by atomic mass is 10.0. The second-order valence-corrected chi connectivity index (χ2v) is 5.92. The van der Waals surface area contributed by atoms with Crippen LogP contribution in [0.2, 0.25) is 0 Å². The summed E-state index contributed by atoms with van der Waals surface area (Å²) >= 11 is 0. The summed E-state index contributed by atoms with van der Waals surface area (Å²) in [6.07, 6.45) is 6.83. The van der Waals surface area contributed by atoms with Crippen molar-refractivity contribution in [3.63, 3.8) is 0 Å². The van der Waals surface area contributed by atoms with Crippen LogP contribution < -0.4 is 10.2 Å². The summed E-state index contributed by atoms with van der Waals surface area (Å²) in [6.45, 7) is 5.30. The Kier molecular flexibility index (Phi) is 4.87. The first kappa shape index (κ1) is 13.8. The summed E-state index contributed by atoms with van der Waals surface area (Å²) in [5.74, 6) is 1.91. The average Bonchev–Trinajstić information content (AvgIpc) is 3.02.